The van der Waals surface area contributed by atoms with Gasteiger partial charge in [-0.1, -0.05) is 32.4 Å². The summed E-state index contributed by atoms with van der Waals surface area (Å²) in [5, 5.41) is 13.3. The monoisotopic (exact) mass is 275 g/mol. The van der Waals surface area contributed by atoms with Crippen molar-refractivity contribution >= 4 is 28.3 Å². The van der Waals surface area contributed by atoms with Crippen molar-refractivity contribution in [3.8, 4) is 6.07 Å². The molecule has 0 saturated heterocycles. The largest absolute Gasteiger partial charge is 0.369 e. The van der Waals surface area contributed by atoms with Crippen LogP contribution in [-0.2, 0) is 0 Å². The van der Waals surface area contributed by atoms with Crippen LogP contribution in [0.4, 0.5) is 5.82 Å². The van der Waals surface area contributed by atoms with E-state index in [0.29, 0.717) is 16.7 Å². The van der Waals surface area contributed by atoms with Crippen molar-refractivity contribution in [1.82, 2.24) is 15.0 Å². The van der Waals surface area contributed by atoms with Crippen LogP contribution in [0, 0.1) is 16.7 Å². The van der Waals surface area contributed by atoms with Crippen LogP contribution in [0.25, 0.3) is 10.9 Å². The second-order valence-electron chi connectivity index (χ2n) is 5.44. The van der Waals surface area contributed by atoms with Gasteiger partial charge in [0.25, 0.3) is 0 Å². The van der Waals surface area contributed by atoms with Gasteiger partial charge in [0.1, 0.15) is 28.9 Å². The topological polar surface area (TPSA) is 74.5 Å². The van der Waals surface area contributed by atoms with Gasteiger partial charge in [-0.15, -0.1) is 0 Å². The van der Waals surface area contributed by atoms with Crippen LogP contribution in [0.3, 0.4) is 0 Å². The lowest BCUT2D eigenvalue weighted by atomic mass is 9.97. The summed E-state index contributed by atoms with van der Waals surface area (Å²) >= 11 is 5.92. The van der Waals surface area contributed by atoms with Crippen molar-refractivity contribution < 1.29 is 0 Å². The molecule has 2 aromatic rings. The van der Waals surface area contributed by atoms with E-state index in [1.54, 1.807) is 6.07 Å². The summed E-state index contributed by atoms with van der Waals surface area (Å²) in [6, 6.07) is 3.67. The molecule has 5 nitrogen and oxygen atoms in total. The molecular weight excluding hydrogens is 262 g/mol. The molecule has 2 heterocycles. The van der Waals surface area contributed by atoms with Gasteiger partial charge in [-0.25, -0.2) is 15.0 Å². The minimum absolute atomic E-state index is 0.117. The van der Waals surface area contributed by atoms with Gasteiger partial charge in [-0.05, 0) is 11.5 Å². The fourth-order valence-corrected chi connectivity index (χ4v) is 1.79. The van der Waals surface area contributed by atoms with E-state index in [1.807, 2.05) is 6.07 Å². The summed E-state index contributed by atoms with van der Waals surface area (Å²) < 4.78 is 0. The first-order valence-electron chi connectivity index (χ1n) is 5.86. The lowest BCUT2D eigenvalue weighted by Gasteiger charge is -2.19. The van der Waals surface area contributed by atoms with Crippen LogP contribution in [0.5, 0.6) is 0 Å². The zero-order chi connectivity index (χ0) is 14.0. The van der Waals surface area contributed by atoms with Gasteiger partial charge >= 0.3 is 0 Å². The molecule has 0 atom stereocenters. The summed E-state index contributed by atoms with van der Waals surface area (Å²) in [7, 11) is 0. The molecule has 98 valence electrons. The summed E-state index contributed by atoms with van der Waals surface area (Å²) in [5.74, 6) is 0.667. The molecule has 1 N–H and O–H groups in total. The summed E-state index contributed by atoms with van der Waals surface area (Å²) in [5.41, 5.74) is 0.841. The molecule has 0 aliphatic rings. The number of anilines is 1. The Labute approximate surface area is 116 Å². The highest BCUT2D eigenvalue weighted by atomic mass is 35.5. The number of halogens is 1. The predicted molar refractivity (Wildman–Crippen MR) is 75.0 cm³/mol. The Morgan fingerprint density at radius 2 is 2.11 bits per heavy atom. The van der Waals surface area contributed by atoms with Crippen LogP contribution >= 0.6 is 11.6 Å². The molecule has 2 rings (SSSR count). The fourth-order valence-electron chi connectivity index (χ4n) is 1.60. The highest BCUT2D eigenvalue weighted by Gasteiger charge is 2.14. The van der Waals surface area contributed by atoms with Gasteiger partial charge < -0.3 is 5.32 Å². The van der Waals surface area contributed by atoms with Gasteiger partial charge in [0.05, 0.1) is 0 Å². The molecule has 0 bridgehead atoms. The Morgan fingerprint density at radius 3 is 2.74 bits per heavy atom. The van der Waals surface area contributed by atoms with Crippen LogP contribution in [0.2, 0.25) is 5.15 Å². The minimum Gasteiger partial charge on any atom is -0.369 e. The first-order chi connectivity index (χ1) is 8.90. The summed E-state index contributed by atoms with van der Waals surface area (Å²) in [4.78, 5) is 12.3. The van der Waals surface area contributed by atoms with E-state index >= 15 is 0 Å². The van der Waals surface area contributed by atoms with Crippen molar-refractivity contribution in [2.45, 2.75) is 20.8 Å². The third-order valence-corrected chi connectivity index (χ3v) is 2.68. The second-order valence-corrected chi connectivity index (χ2v) is 5.83. The Kier molecular flexibility index (Phi) is 3.54. The number of pyridine rings is 1. The van der Waals surface area contributed by atoms with Crippen molar-refractivity contribution in [3.05, 3.63) is 23.2 Å². The number of aromatic nitrogens is 3. The van der Waals surface area contributed by atoms with E-state index in [9.17, 15) is 0 Å². The normalized spacial score (nSPS) is 11.3. The van der Waals surface area contributed by atoms with Crippen molar-refractivity contribution in [2.24, 2.45) is 5.41 Å². The summed E-state index contributed by atoms with van der Waals surface area (Å²) in [6.07, 6.45) is 1.42. The first-order valence-corrected chi connectivity index (χ1v) is 6.24. The number of hydrogen-bond donors (Lipinski definition) is 1. The lowest BCUT2D eigenvalue weighted by Crippen LogP contribution is -2.19. The van der Waals surface area contributed by atoms with E-state index in [4.69, 9.17) is 16.9 Å². The molecule has 0 fully saturated rings. The lowest BCUT2D eigenvalue weighted by molar-refractivity contribution is 0.442. The van der Waals surface area contributed by atoms with Crippen LogP contribution in [0.1, 0.15) is 26.5 Å². The Balaban J connectivity index is 2.51. The third-order valence-electron chi connectivity index (χ3n) is 2.48. The van der Waals surface area contributed by atoms with Gasteiger partial charge in [-0.3, -0.25) is 0 Å². The second kappa shape index (κ2) is 4.98. The predicted octanol–water partition coefficient (Wildman–Crippen LogP) is 3.01. The minimum atomic E-state index is 0.117. The molecule has 19 heavy (non-hydrogen) atoms. The molecule has 0 radical (unpaired) electrons. The molecular formula is C13H14ClN5. The molecule has 0 aromatic carbocycles. The van der Waals surface area contributed by atoms with Crippen LogP contribution in [0.15, 0.2) is 12.4 Å². The number of nitrogens with one attached hydrogen (secondary N) is 1. The molecule has 0 amide bonds. The van der Waals surface area contributed by atoms with E-state index < -0.39 is 0 Å². The maximum Gasteiger partial charge on any atom is 0.168 e. The molecule has 0 spiro atoms. The van der Waals surface area contributed by atoms with Crippen molar-refractivity contribution in [1.29, 1.82) is 5.26 Å². The molecule has 0 saturated carbocycles. The standard InChI is InChI=1S/C13H14ClN5/c1-13(2,3)6-16-12-8-4-10(14)19-9(5-15)11(8)17-7-18-12/h4,7H,6H2,1-3H3,(H,16,17,18). The van der Waals surface area contributed by atoms with Gasteiger partial charge in [0.2, 0.25) is 0 Å². The zero-order valence-corrected chi connectivity index (χ0v) is 11.8. The SMILES string of the molecule is CC(C)(C)CNc1ncnc2c(C#N)nc(Cl)cc12. The van der Waals surface area contributed by atoms with Crippen LogP contribution in [-0.4, -0.2) is 21.5 Å². The molecule has 0 aliphatic heterocycles. The van der Waals surface area contributed by atoms with E-state index in [-0.39, 0.29) is 16.3 Å². The molecule has 0 unspecified atom stereocenters. The molecule has 2 aromatic heterocycles. The fraction of sp³-hybridized carbons (Fsp3) is 0.385. The Hall–Kier alpha value is -1.93. The van der Waals surface area contributed by atoms with Gasteiger partial charge in [-0.2, -0.15) is 5.26 Å². The Bertz CT molecular complexity index is 654. The van der Waals surface area contributed by atoms with E-state index in [2.05, 4.69) is 41.0 Å². The Morgan fingerprint density at radius 1 is 1.37 bits per heavy atom. The first kappa shape index (κ1) is 13.5. The number of nitrogens with zero attached hydrogens (tertiary/aromatic N) is 4. The number of nitriles is 1. The number of fused-ring (bicyclic) bond motifs is 1. The zero-order valence-electron chi connectivity index (χ0n) is 11.0. The van der Waals surface area contributed by atoms with Crippen molar-refractivity contribution in [3.63, 3.8) is 0 Å². The van der Waals surface area contributed by atoms with Gasteiger partial charge in [0, 0.05) is 11.9 Å². The maximum absolute atomic E-state index is 9.06. The van der Waals surface area contributed by atoms with E-state index in [1.165, 1.54) is 6.33 Å². The quantitative estimate of drug-likeness (QED) is 0.853. The average molecular weight is 276 g/mol. The van der Waals surface area contributed by atoms with E-state index in [0.717, 1.165) is 6.54 Å². The average Bonchev–Trinajstić information content (AvgIpc) is 2.34. The molecule has 0 aliphatic carbocycles. The molecule has 6 heteroatoms. The van der Waals surface area contributed by atoms with Crippen molar-refractivity contribution in [2.75, 3.05) is 11.9 Å². The number of hydrogen-bond acceptors (Lipinski definition) is 5. The smallest absolute Gasteiger partial charge is 0.168 e. The number of rotatable bonds is 2. The highest BCUT2D eigenvalue weighted by Crippen LogP contribution is 2.25. The van der Waals surface area contributed by atoms with Gasteiger partial charge in [0.15, 0.2) is 5.69 Å². The third kappa shape index (κ3) is 3.09. The van der Waals surface area contributed by atoms with Crippen LogP contribution < -0.4 is 5.32 Å². The highest BCUT2D eigenvalue weighted by molar-refractivity contribution is 6.30. The summed E-state index contributed by atoms with van der Waals surface area (Å²) in [6.45, 7) is 7.12. The maximum atomic E-state index is 9.06.